The molecule has 0 saturated heterocycles. The lowest BCUT2D eigenvalue weighted by molar-refractivity contribution is 0.356. The molecule has 53 heavy (non-hydrogen) atoms. The fourth-order valence-electron chi connectivity index (χ4n) is 5.07. The summed E-state index contributed by atoms with van der Waals surface area (Å²) in [4.78, 5) is 25.4. The first kappa shape index (κ1) is 36.0. The van der Waals surface area contributed by atoms with Crippen molar-refractivity contribution in [3.8, 4) is 46.0 Å². The third kappa shape index (κ3) is 7.76. The summed E-state index contributed by atoms with van der Waals surface area (Å²) in [6.07, 6.45) is 10.1. The lowest BCUT2D eigenvalue weighted by Gasteiger charge is -2.11. The number of aryl methyl sites for hydroxylation is 2. The highest BCUT2D eigenvalue weighted by molar-refractivity contribution is 6.16. The number of methoxy groups -OCH3 is 4. The molecule has 0 aliphatic heterocycles. The molecular weight excluding hydrogens is 708 g/mol. The molecular formula is C32H33ClN16O4. The largest absolute Gasteiger partial charge is 0.493 e. The van der Waals surface area contributed by atoms with E-state index in [-0.39, 0.29) is 0 Å². The van der Waals surface area contributed by atoms with Crippen molar-refractivity contribution in [2.24, 2.45) is 14.1 Å². The first-order valence-corrected chi connectivity index (χ1v) is 16.1. The fourth-order valence-corrected chi connectivity index (χ4v) is 5.33. The molecule has 0 radical (unpaired) electrons. The summed E-state index contributed by atoms with van der Waals surface area (Å²) in [7, 11) is 10.2. The normalized spacial score (nSPS) is 10.7. The quantitative estimate of drug-likeness (QED) is 0.210. The average Bonchev–Trinajstić information content (AvgIpc) is 4.04. The second-order valence-electron chi connectivity index (χ2n) is 10.8. The Morgan fingerprint density at radius 3 is 1.70 bits per heavy atom. The number of ether oxygens (including phenoxy) is 4. The van der Waals surface area contributed by atoms with Crippen LogP contribution < -0.4 is 18.9 Å². The van der Waals surface area contributed by atoms with Gasteiger partial charge in [0.05, 0.1) is 45.4 Å². The van der Waals surface area contributed by atoms with Crippen molar-refractivity contribution in [2.75, 3.05) is 28.4 Å². The van der Waals surface area contributed by atoms with E-state index in [2.05, 4.69) is 66.1 Å². The zero-order valence-electron chi connectivity index (χ0n) is 29.4. The van der Waals surface area contributed by atoms with Crippen molar-refractivity contribution >= 4 is 33.4 Å². The van der Waals surface area contributed by atoms with E-state index in [4.69, 9.17) is 30.5 Å². The second-order valence-corrected chi connectivity index (χ2v) is 11.1. The minimum Gasteiger partial charge on any atom is -0.493 e. The van der Waals surface area contributed by atoms with Crippen molar-refractivity contribution in [3.05, 3.63) is 73.4 Å². The zero-order chi connectivity index (χ0) is 37.3. The monoisotopic (exact) mass is 740 g/mol. The fraction of sp³-hybridized carbons (Fsp3) is 0.250. The maximum Gasteiger partial charge on any atom is 0.223 e. The van der Waals surface area contributed by atoms with E-state index in [0.717, 1.165) is 22.4 Å². The van der Waals surface area contributed by atoms with Gasteiger partial charge >= 0.3 is 0 Å². The molecule has 8 aromatic rings. The first-order chi connectivity index (χ1) is 25.9. The number of hydrogen-bond acceptors (Lipinski definition) is 16. The van der Waals surface area contributed by atoms with Crippen molar-refractivity contribution < 1.29 is 18.9 Å². The predicted molar refractivity (Wildman–Crippen MR) is 190 cm³/mol. The summed E-state index contributed by atoms with van der Waals surface area (Å²) in [6.45, 7) is 0.421. The molecule has 20 nitrogen and oxygen atoms in total. The molecule has 0 unspecified atom stereocenters. The van der Waals surface area contributed by atoms with Gasteiger partial charge in [-0.2, -0.15) is 5.21 Å². The lowest BCUT2D eigenvalue weighted by Crippen LogP contribution is -2.09. The van der Waals surface area contributed by atoms with Gasteiger partial charge in [0.25, 0.3) is 0 Å². The number of benzene rings is 2. The predicted octanol–water partition coefficient (Wildman–Crippen LogP) is 3.07. The molecule has 0 spiro atoms. The molecule has 8 rings (SSSR count). The SMILES string of the molecule is COc1cc2ncnc(-c3nn[nH]n3)c2cc1OC.COc1cc2ncnc(-c3nnnn3Cc3nccn3C)c2cc1OC.Cn1ccnc1CCl. The number of aromatic amines is 1. The lowest BCUT2D eigenvalue weighted by atomic mass is 10.1. The summed E-state index contributed by atoms with van der Waals surface area (Å²) in [5.41, 5.74) is 2.61. The standard InChI is InChI=1S/C16H16N8O2.C11H10N6O2.C5H7ClN2/c1-23-5-4-17-14(23)8-24-16(20-21-22-24)15-10-6-12(25-2)13(26-3)7-11(10)18-9-19-15;1-18-8-3-6-7(4-9(8)19-2)12-5-13-10(6)11-14-16-17-15-11;1-8-3-2-7-5(8)4-6/h4-7,9H,8H2,1-3H3;3-5H,1-2H3,(H,14,15,16,17);2-3H,4H2,1H3. The minimum absolute atomic E-state index is 0.402. The van der Waals surface area contributed by atoms with Crippen molar-refractivity contribution in [2.45, 2.75) is 12.4 Å². The molecule has 0 amide bonds. The van der Waals surface area contributed by atoms with Gasteiger partial charge in [-0.15, -0.1) is 26.9 Å². The Hall–Kier alpha value is -6.83. The maximum absolute atomic E-state index is 5.49. The van der Waals surface area contributed by atoms with E-state index in [1.165, 1.54) is 12.7 Å². The summed E-state index contributed by atoms with van der Waals surface area (Å²) in [5.74, 6) is 5.53. The Morgan fingerprint density at radius 1 is 0.660 bits per heavy atom. The van der Waals surface area contributed by atoms with Crippen LogP contribution in [0.3, 0.4) is 0 Å². The van der Waals surface area contributed by atoms with Gasteiger partial charge in [-0.3, -0.25) is 0 Å². The molecule has 0 bridgehead atoms. The molecule has 2 aromatic carbocycles. The molecule has 0 atom stereocenters. The van der Waals surface area contributed by atoms with E-state index >= 15 is 0 Å². The minimum atomic E-state index is 0.402. The number of nitrogens with one attached hydrogen (secondary N) is 1. The average molecular weight is 741 g/mol. The highest BCUT2D eigenvalue weighted by Gasteiger charge is 2.18. The van der Waals surface area contributed by atoms with Crippen LogP contribution in [-0.2, 0) is 26.5 Å². The number of hydrogen-bond donors (Lipinski definition) is 1. The molecule has 6 aromatic heterocycles. The Bertz CT molecular complexity index is 2430. The summed E-state index contributed by atoms with van der Waals surface area (Å²) in [6, 6.07) is 7.19. The van der Waals surface area contributed by atoms with E-state index < -0.39 is 0 Å². The Kier molecular flexibility index (Phi) is 11.2. The second kappa shape index (κ2) is 16.5. The number of alkyl halides is 1. The van der Waals surface area contributed by atoms with Crippen LogP contribution in [0, 0.1) is 0 Å². The van der Waals surface area contributed by atoms with Gasteiger partial charge in [0, 0.05) is 61.8 Å². The van der Waals surface area contributed by atoms with Gasteiger partial charge in [-0.1, -0.05) is 0 Å². The van der Waals surface area contributed by atoms with E-state index in [9.17, 15) is 0 Å². The van der Waals surface area contributed by atoms with Crippen LogP contribution in [0.2, 0.25) is 0 Å². The van der Waals surface area contributed by atoms with Gasteiger partial charge in [-0.05, 0) is 27.8 Å². The number of imidazole rings is 2. The number of aromatic nitrogens is 16. The Morgan fingerprint density at radius 2 is 1.21 bits per heavy atom. The van der Waals surface area contributed by atoms with Crippen LogP contribution in [0.25, 0.3) is 44.8 Å². The van der Waals surface area contributed by atoms with Gasteiger partial charge < -0.3 is 28.1 Å². The summed E-state index contributed by atoms with van der Waals surface area (Å²) in [5, 5.41) is 27.3. The van der Waals surface area contributed by atoms with Crippen LogP contribution in [0.15, 0.2) is 61.7 Å². The molecule has 1 N–H and O–H groups in total. The summed E-state index contributed by atoms with van der Waals surface area (Å²) >= 11 is 5.49. The van der Waals surface area contributed by atoms with E-state index in [0.29, 0.717) is 69.5 Å². The van der Waals surface area contributed by atoms with Crippen LogP contribution in [0.5, 0.6) is 23.0 Å². The molecule has 21 heteroatoms. The van der Waals surface area contributed by atoms with Crippen LogP contribution >= 0.6 is 11.6 Å². The number of halogens is 1. The van der Waals surface area contributed by atoms with Crippen molar-refractivity contribution in [1.29, 1.82) is 0 Å². The highest BCUT2D eigenvalue weighted by Crippen LogP contribution is 2.35. The van der Waals surface area contributed by atoms with Gasteiger partial charge in [0.15, 0.2) is 23.0 Å². The summed E-state index contributed by atoms with van der Waals surface area (Å²) < 4.78 is 26.7. The molecule has 0 saturated carbocycles. The van der Waals surface area contributed by atoms with Gasteiger partial charge in [-0.25, -0.2) is 34.6 Å². The molecule has 272 valence electrons. The van der Waals surface area contributed by atoms with Crippen LogP contribution in [0.4, 0.5) is 0 Å². The smallest absolute Gasteiger partial charge is 0.223 e. The molecule has 6 heterocycles. The molecule has 0 aliphatic carbocycles. The number of tetrazole rings is 2. The molecule has 0 fully saturated rings. The Labute approximate surface area is 306 Å². The Balaban J connectivity index is 0.000000155. The van der Waals surface area contributed by atoms with E-state index in [1.807, 2.05) is 41.7 Å². The molecule has 0 aliphatic rings. The van der Waals surface area contributed by atoms with Crippen LogP contribution in [-0.4, -0.2) is 108 Å². The van der Waals surface area contributed by atoms with Gasteiger partial charge in [0.2, 0.25) is 11.6 Å². The number of fused-ring (bicyclic) bond motifs is 2. The zero-order valence-corrected chi connectivity index (χ0v) is 30.2. The maximum atomic E-state index is 5.49. The number of rotatable bonds is 9. The topological polar surface area (TPSA) is 222 Å². The van der Waals surface area contributed by atoms with Gasteiger partial charge in [0.1, 0.15) is 42.2 Å². The third-order valence-electron chi connectivity index (χ3n) is 7.83. The first-order valence-electron chi connectivity index (χ1n) is 15.6. The van der Waals surface area contributed by atoms with E-state index in [1.54, 1.807) is 63.7 Å². The highest BCUT2D eigenvalue weighted by atomic mass is 35.5. The van der Waals surface area contributed by atoms with Crippen LogP contribution in [0.1, 0.15) is 11.6 Å². The van der Waals surface area contributed by atoms with Crippen molar-refractivity contribution in [3.63, 3.8) is 0 Å². The van der Waals surface area contributed by atoms with Crippen molar-refractivity contribution in [1.82, 2.24) is 79.9 Å². The number of nitrogens with zero attached hydrogens (tertiary/aromatic N) is 15. The third-order valence-corrected chi connectivity index (χ3v) is 8.07. The number of H-pyrrole nitrogens is 1.